The molecule has 184 valence electrons. The lowest BCUT2D eigenvalue weighted by atomic mass is 9.56. The summed E-state index contributed by atoms with van der Waals surface area (Å²) in [4.78, 5) is 12.9. The van der Waals surface area contributed by atoms with Crippen LogP contribution in [0.4, 0.5) is 0 Å². The summed E-state index contributed by atoms with van der Waals surface area (Å²) < 4.78 is 5.91. The molecule has 1 heterocycles. The van der Waals surface area contributed by atoms with Crippen LogP contribution >= 0.6 is 23.2 Å². The second kappa shape index (κ2) is 9.72. The molecule has 1 aliphatic heterocycles. The van der Waals surface area contributed by atoms with Gasteiger partial charge in [0.05, 0.1) is 11.0 Å². The van der Waals surface area contributed by atoms with Crippen molar-refractivity contribution in [2.45, 2.75) is 76.9 Å². The molecule has 5 atom stereocenters. The molecule has 1 saturated heterocycles. The van der Waals surface area contributed by atoms with Crippen molar-refractivity contribution < 1.29 is 14.6 Å². The molecule has 0 bridgehead atoms. The summed E-state index contributed by atoms with van der Waals surface area (Å²) in [6, 6.07) is 14.0. The van der Waals surface area contributed by atoms with Gasteiger partial charge >= 0.3 is 0 Å². The Bertz CT molecular complexity index is 1040. The van der Waals surface area contributed by atoms with Crippen LogP contribution in [0.25, 0.3) is 0 Å². The fourth-order valence-corrected chi connectivity index (χ4v) is 6.52. The number of halogens is 2. The minimum absolute atomic E-state index is 0.0723. The summed E-state index contributed by atoms with van der Waals surface area (Å²) in [5.41, 5.74) is 1.02. The Balaban J connectivity index is 1.68. The highest BCUT2D eigenvalue weighted by molar-refractivity contribution is 6.31. The standard InChI is InChI=1S/C28H35Cl2NO3/c1-5-28(33,6-2)16-34-20-11-12-21(23(30)15-20)22-13-14-27(4)25(17(3)31-26(27)32)24(22)18-7-9-19(29)10-8-18/h7-12,15,17,22,24-25,33H,5-6,13-14,16H2,1-4H3,(H,31,32)/t17-,22+,24+,25+,27-/m1/s1. The smallest absolute Gasteiger partial charge is 0.226 e. The molecule has 0 unspecified atom stereocenters. The number of fused-ring (bicyclic) bond motifs is 1. The molecule has 0 spiro atoms. The van der Waals surface area contributed by atoms with Crippen molar-refractivity contribution in [2.24, 2.45) is 11.3 Å². The first-order valence-electron chi connectivity index (χ1n) is 12.3. The van der Waals surface area contributed by atoms with Gasteiger partial charge in [0.25, 0.3) is 0 Å². The molecule has 2 N–H and O–H groups in total. The molecule has 1 aliphatic carbocycles. The Morgan fingerprint density at radius 3 is 2.44 bits per heavy atom. The second-order valence-corrected chi connectivity index (χ2v) is 11.2. The first kappa shape index (κ1) is 25.3. The lowest BCUT2D eigenvalue weighted by Crippen LogP contribution is -2.42. The maximum atomic E-state index is 12.9. The van der Waals surface area contributed by atoms with Crippen molar-refractivity contribution in [2.75, 3.05) is 6.61 Å². The topological polar surface area (TPSA) is 58.6 Å². The van der Waals surface area contributed by atoms with Gasteiger partial charge in [-0.05, 0) is 79.8 Å². The zero-order chi connectivity index (χ0) is 24.7. The third-order valence-electron chi connectivity index (χ3n) is 8.40. The van der Waals surface area contributed by atoms with Crippen LogP contribution in [0.5, 0.6) is 5.75 Å². The predicted octanol–water partition coefficient (Wildman–Crippen LogP) is 6.73. The van der Waals surface area contributed by atoms with Crippen LogP contribution in [0.2, 0.25) is 10.0 Å². The van der Waals surface area contributed by atoms with E-state index in [1.165, 1.54) is 5.56 Å². The molecular formula is C28H35Cl2NO3. The fraction of sp³-hybridized carbons (Fsp3) is 0.536. The van der Waals surface area contributed by atoms with Crippen molar-refractivity contribution in [1.82, 2.24) is 5.32 Å². The van der Waals surface area contributed by atoms with Crippen LogP contribution in [-0.2, 0) is 4.79 Å². The van der Waals surface area contributed by atoms with Gasteiger partial charge in [0.1, 0.15) is 12.4 Å². The van der Waals surface area contributed by atoms with E-state index in [9.17, 15) is 9.90 Å². The van der Waals surface area contributed by atoms with Crippen molar-refractivity contribution in [3.63, 3.8) is 0 Å². The predicted molar refractivity (Wildman–Crippen MR) is 138 cm³/mol. The molecule has 2 aromatic rings. The van der Waals surface area contributed by atoms with Gasteiger partial charge in [0, 0.05) is 22.0 Å². The Hall–Kier alpha value is -1.75. The largest absolute Gasteiger partial charge is 0.491 e. The van der Waals surface area contributed by atoms with Crippen molar-refractivity contribution >= 4 is 29.1 Å². The van der Waals surface area contributed by atoms with Gasteiger partial charge in [-0.1, -0.05) is 62.2 Å². The van der Waals surface area contributed by atoms with E-state index < -0.39 is 11.0 Å². The van der Waals surface area contributed by atoms with Gasteiger partial charge in [0.2, 0.25) is 5.91 Å². The van der Waals surface area contributed by atoms with Gasteiger partial charge in [0.15, 0.2) is 0 Å². The number of rotatable bonds is 7. The number of aliphatic hydroxyl groups is 1. The number of carbonyl (C=O) groups is 1. The minimum Gasteiger partial charge on any atom is -0.491 e. The van der Waals surface area contributed by atoms with E-state index in [2.05, 4.69) is 37.4 Å². The van der Waals surface area contributed by atoms with E-state index >= 15 is 0 Å². The summed E-state index contributed by atoms with van der Waals surface area (Å²) in [6.07, 6.45) is 2.94. The molecule has 2 fully saturated rings. The van der Waals surface area contributed by atoms with Crippen LogP contribution < -0.4 is 10.1 Å². The number of hydrogen-bond acceptors (Lipinski definition) is 3. The number of amides is 1. The maximum absolute atomic E-state index is 12.9. The summed E-state index contributed by atoms with van der Waals surface area (Å²) in [7, 11) is 0. The fourth-order valence-electron chi connectivity index (χ4n) is 6.08. The summed E-state index contributed by atoms with van der Waals surface area (Å²) >= 11 is 13.1. The highest BCUT2D eigenvalue weighted by Gasteiger charge is 2.57. The van der Waals surface area contributed by atoms with Crippen LogP contribution in [0.1, 0.15) is 76.3 Å². The van der Waals surface area contributed by atoms with E-state index in [1.54, 1.807) is 0 Å². The molecule has 6 heteroatoms. The number of hydrogen-bond donors (Lipinski definition) is 2. The van der Waals surface area contributed by atoms with E-state index in [1.807, 2.05) is 38.1 Å². The minimum atomic E-state index is -0.837. The number of benzene rings is 2. The van der Waals surface area contributed by atoms with Gasteiger partial charge in [-0.3, -0.25) is 4.79 Å². The first-order valence-corrected chi connectivity index (χ1v) is 13.1. The number of ether oxygens (including phenoxy) is 1. The number of carbonyl (C=O) groups excluding carboxylic acids is 1. The average Bonchev–Trinajstić information content (AvgIpc) is 3.06. The van der Waals surface area contributed by atoms with Crippen LogP contribution in [0.3, 0.4) is 0 Å². The van der Waals surface area contributed by atoms with Crippen LogP contribution in [-0.4, -0.2) is 29.3 Å². The third kappa shape index (κ3) is 4.57. The van der Waals surface area contributed by atoms with Crippen molar-refractivity contribution in [3.05, 3.63) is 63.6 Å². The monoisotopic (exact) mass is 503 g/mol. The SMILES string of the molecule is CCC(O)(CC)COc1ccc([C@@H]2CC[C@@]3(C)C(=O)N[C@H](C)[C@H]3[C@H]2c2ccc(Cl)cc2)c(Cl)c1. The van der Waals surface area contributed by atoms with E-state index in [0.717, 1.165) is 18.4 Å². The summed E-state index contributed by atoms with van der Waals surface area (Å²) in [5, 5.41) is 15.1. The highest BCUT2D eigenvalue weighted by atomic mass is 35.5. The Morgan fingerprint density at radius 2 is 1.82 bits per heavy atom. The van der Waals surface area contributed by atoms with Gasteiger partial charge in [-0.15, -0.1) is 0 Å². The Morgan fingerprint density at radius 1 is 1.15 bits per heavy atom. The van der Waals surface area contributed by atoms with Crippen LogP contribution in [0, 0.1) is 11.3 Å². The summed E-state index contributed by atoms with van der Waals surface area (Å²) in [5.74, 6) is 1.25. The molecule has 2 aromatic carbocycles. The average molecular weight is 504 g/mol. The van der Waals surface area contributed by atoms with E-state index in [4.69, 9.17) is 27.9 Å². The molecule has 4 nitrogen and oxygen atoms in total. The molecule has 4 rings (SSSR count). The first-order chi connectivity index (χ1) is 16.1. The quantitative estimate of drug-likeness (QED) is 0.440. The molecule has 1 saturated carbocycles. The van der Waals surface area contributed by atoms with E-state index in [-0.39, 0.29) is 36.3 Å². The zero-order valence-corrected chi connectivity index (χ0v) is 21.9. The van der Waals surface area contributed by atoms with Crippen molar-refractivity contribution in [1.29, 1.82) is 0 Å². The third-order valence-corrected chi connectivity index (χ3v) is 8.98. The highest BCUT2D eigenvalue weighted by Crippen LogP contribution is 2.59. The Kier molecular flexibility index (Phi) is 7.24. The normalized spacial score (nSPS) is 29.0. The van der Waals surface area contributed by atoms with Crippen LogP contribution in [0.15, 0.2) is 42.5 Å². The molecule has 0 radical (unpaired) electrons. The maximum Gasteiger partial charge on any atom is 0.226 e. The molecule has 1 amide bonds. The molecule has 34 heavy (non-hydrogen) atoms. The van der Waals surface area contributed by atoms with E-state index in [0.29, 0.717) is 28.6 Å². The molecule has 0 aromatic heterocycles. The van der Waals surface area contributed by atoms with Gasteiger partial charge < -0.3 is 15.2 Å². The Labute approximate surface area is 213 Å². The lowest BCUT2D eigenvalue weighted by Gasteiger charge is -2.46. The molecule has 2 aliphatic rings. The van der Waals surface area contributed by atoms with Gasteiger partial charge in [-0.2, -0.15) is 0 Å². The molecular weight excluding hydrogens is 469 g/mol. The lowest BCUT2D eigenvalue weighted by molar-refractivity contribution is -0.129. The second-order valence-electron chi connectivity index (χ2n) is 10.3. The van der Waals surface area contributed by atoms with Gasteiger partial charge in [-0.25, -0.2) is 0 Å². The zero-order valence-electron chi connectivity index (χ0n) is 20.4. The van der Waals surface area contributed by atoms with Crippen molar-refractivity contribution in [3.8, 4) is 5.75 Å². The summed E-state index contributed by atoms with van der Waals surface area (Å²) in [6.45, 7) is 8.37. The number of nitrogens with one attached hydrogen (secondary N) is 1.